The summed E-state index contributed by atoms with van der Waals surface area (Å²) < 4.78 is 16.2. The summed E-state index contributed by atoms with van der Waals surface area (Å²) in [6, 6.07) is 23.5. The molecular weight excluding hydrogens is 466 g/mol. The summed E-state index contributed by atoms with van der Waals surface area (Å²) in [5, 5.41) is 4.11. The molecule has 0 unspecified atom stereocenters. The number of hydrogen-bond acceptors (Lipinski definition) is 6. The maximum atomic E-state index is 13.2. The molecule has 190 valence electrons. The first-order valence-corrected chi connectivity index (χ1v) is 12.2. The van der Waals surface area contributed by atoms with Gasteiger partial charge in [-0.05, 0) is 42.7 Å². The summed E-state index contributed by atoms with van der Waals surface area (Å²) in [7, 11) is 3.22. The molecule has 4 rings (SSSR count). The van der Waals surface area contributed by atoms with E-state index >= 15 is 0 Å². The van der Waals surface area contributed by atoms with E-state index in [1.807, 2.05) is 85.8 Å². The van der Waals surface area contributed by atoms with E-state index in [2.05, 4.69) is 10.1 Å². The van der Waals surface area contributed by atoms with Crippen LogP contribution in [-0.4, -0.2) is 48.3 Å². The SMILES string of the molecule is COc1ccc(CCN(CCc2nc(-c3ccc(C)cc3)no2)C(=O)/C=C/c2ccccc2)cc1OC. The van der Waals surface area contributed by atoms with Crippen LogP contribution in [0.4, 0.5) is 0 Å². The summed E-state index contributed by atoms with van der Waals surface area (Å²) in [4.78, 5) is 19.5. The molecule has 1 amide bonds. The standard InChI is InChI=1S/C30H31N3O4/c1-22-9-13-25(14-10-22)30-31-28(37-32-30)18-20-33(29(34)16-12-23-7-5-4-6-8-23)19-17-24-11-15-26(35-2)27(21-24)36-3/h4-16,21H,17-20H2,1-3H3/b16-12+. The first-order chi connectivity index (χ1) is 18.1. The Morgan fingerprint density at radius 3 is 2.38 bits per heavy atom. The van der Waals surface area contributed by atoms with E-state index in [1.54, 1.807) is 25.2 Å². The largest absolute Gasteiger partial charge is 0.493 e. The highest BCUT2D eigenvalue weighted by atomic mass is 16.5. The molecule has 1 aromatic heterocycles. The molecule has 7 heteroatoms. The van der Waals surface area contributed by atoms with Gasteiger partial charge in [0.05, 0.1) is 14.2 Å². The molecule has 0 atom stereocenters. The zero-order valence-electron chi connectivity index (χ0n) is 21.4. The van der Waals surface area contributed by atoms with Gasteiger partial charge in [0.2, 0.25) is 17.6 Å². The number of hydrogen-bond donors (Lipinski definition) is 0. The highest BCUT2D eigenvalue weighted by molar-refractivity contribution is 5.91. The Hall–Kier alpha value is -4.39. The van der Waals surface area contributed by atoms with E-state index in [0.29, 0.717) is 49.1 Å². The van der Waals surface area contributed by atoms with Gasteiger partial charge in [0, 0.05) is 31.1 Å². The molecule has 0 N–H and O–H groups in total. The number of methoxy groups -OCH3 is 2. The predicted octanol–water partition coefficient (Wildman–Crippen LogP) is 5.39. The van der Waals surface area contributed by atoms with Crippen molar-refractivity contribution in [2.45, 2.75) is 19.8 Å². The second-order valence-corrected chi connectivity index (χ2v) is 8.64. The lowest BCUT2D eigenvalue weighted by atomic mass is 10.1. The van der Waals surface area contributed by atoms with Crippen molar-refractivity contribution in [3.63, 3.8) is 0 Å². The van der Waals surface area contributed by atoms with Crippen molar-refractivity contribution in [1.82, 2.24) is 15.0 Å². The van der Waals surface area contributed by atoms with Crippen LogP contribution in [0.5, 0.6) is 11.5 Å². The summed E-state index contributed by atoms with van der Waals surface area (Å²) in [5.74, 6) is 2.29. The maximum absolute atomic E-state index is 13.2. The zero-order chi connectivity index (χ0) is 26.0. The lowest BCUT2D eigenvalue weighted by molar-refractivity contribution is -0.126. The monoisotopic (exact) mass is 497 g/mol. The highest BCUT2D eigenvalue weighted by Gasteiger charge is 2.15. The Balaban J connectivity index is 1.46. The second kappa shape index (κ2) is 12.5. The molecule has 37 heavy (non-hydrogen) atoms. The second-order valence-electron chi connectivity index (χ2n) is 8.64. The molecule has 0 radical (unpaired) electrons. The smallest absolute Gasteiger partial charge is 0.246 e. The van der Waals surface area contributed by atoms with Gasteiger partial charge in [-0.1, -0.05) is 71.4 Å². The third kappa shape index (κ3) is 7.07. The van der Waals surface area contributed by atoms with Crippen LogP contribution in [0.2, 0.25) is 0 Å². The van der Waals surface area contributed by atoms with E-state index < -0.39 is 0 Å². The van der Waals surface area contributed by atoms with Crippen LogP contribution < -0.4 is 9.47 Å². The first-order valence-electron chi connectivity index (χ1n) is 12.2. The van der Waals surface area contributed by atoms with E-state index in [9.17, 15) is 4.79 Å². The Bertz CT molecular complexity index is 1330. The minimum Gasteiger partial charge on any atom is -0.493 e. The molecule has 4 aromatic rings. The first kappa shape index (κ1) is 25.7. The quantitative estimate of drug-likeness (QED) is 0.259. The van der Waals surface area contributed by atoms with Gasteiger partial charge in [0.25, 0.3) is 0 Å². The molecule has 3 aromatic carbocycles. The number of aryl methyl sites for hydroxylation is 1. The van der Waals surface area contributed by atoms with Gasteiger partial charge in [-0.25, -0.2) is 0 Å². The number of amides is 1. The van der Waals surface area contributed by atoms with Crippen molar-refractivity contribution in [3.05, 3.63) is 101 Å². The normalized spacial score (nSPS) is 11.0. The predicted molar refractivity (Wildman–Crippen MR) is 143 cm³/mol. The summed E-state index contributed by atoms with van der Waals surface area (Å²) in [6.45, 7) is 3.00. The van der Waals surface area contributed by atoms with Gasteiger partial charge < -0.3 is 18.9 Å². The van der Waals surface area contributed by atoms with Gasteiger partial charge >= 0.3 is 0 Å². The Morgan fingerprint density at radius 2 is 1.65 bits per heavy atom. The topological polar surface area (TPSA) is 77.7 Å². The minimum absolute atomic E-state index is 0.0809. The number of nitrogens with zero attached hydrogens (tertiary/aromatic N) is 3. The number of carbonyl (C=O) groups is 1. The molecule has 0 saturated heterocycles. The van der Waals surface area contributed by atoms with Crippen molar-refractivity contribution in [2.75, 3.05) is 27.3 Å². The molecule has 0 aliphatic rings. The Labute approximate surface area is 217 Å². The third-order valence-electron chi connectivity index (χ3n) is 6.02. The molecular formula is C30H31N3O4. The van der Waals surface area contributed by atoms with Gasteiger partial charge in [0.15, 0.2) is 11.5 Å². The van der Waals surface area contributed by atoms with Gasteiger partial charge in [-0.3, -0.25) is 4.79 Å². The van der Waals surface area contributed by atoms with Crippen molar-refractivity contribution in [3.8, 4) is 22.9 Å². The fraction of sp³-hybridized carbons (Fsp3) is 0.233. The number of benzene rings is 3. The minimum atomic E-state index is -0.0809. The van der Waals surface area contributed by atoms with Crippen LogP contribution in [0.15, 0.2) is 83.4 Å². The van der Waals surface area contributed by atoms with Crippen molar-refractivity contribution < 1.29 is 18.8 Å². The zero-order valence-corrected chi connectivity index (χ0v) is 21.4. The Morgan fingerprint density at radius 1 is 0.919 bits per heavy atom. The molecule has 0 saturated carbocycles. The van der Waals surface area contributed by atoms with Crippen molar-refractivity contribution >= 4 is 12.0 Å². The van der Waals surface area contributed by atoms with E-state index in [4.69, 9.17) is 14.0 Å². The maximum Gasteiger partial charge on any atom is 0.246 e. The average molecular weight is 498 g/mol. The van der Waals surface area contributed by atoms with Crippen LogP contribution in [0.1, 0.15) is 22.6 Å². The van der Waals surface area contributed by atoms with Crippen molar-refractivity contribution in [2.24, 2.45) is 0 Å². The fourth-order valence-electron chi connectivity index (χ4n) is 3.88. The van der Waals surface area contributed by atoms with E-state index in [0.717, 1.165) is 16.7 Å². The van der Waals surface area contributed by atoms with E-state index in [1.165, 1.54) is 5.56 Å². The summed E-state index contributed by atoms with van der Waals surface area (Å²) >= 11 is 0. The molecule has 0 fully saturated rings. The molecule has 7 nitrogen and oxygen atoms in total. The van der Waals surface area contributed by atoms with Crippen LogP contribution in [0.25, 0.3) is 17.5 Å². The fourth-order valence-corrected chi connectivity index (χ4v) is 3.88. The number of aromatic nitrogens is 2. The molecule has 0 spiro atoms. The lowest BCUT2D eigenvalue weighted by Crippen LogP contribution is -2.33. The van der Waals surface area contributed by atoms with E-state index in [-0.39, 0.29) is 5.91 Å². The molecule has 0 bridgehead atoms. The van der Waals surface area contributed by atoms with Gasteiger partial charge in [0.1, 0.15) is 0 Å². The average Bonchev–Trinajstić information content (AvgIpc) is 3.41. The lowest BCUT2D eigenvalue weighted by Gasteiger charge is -2.21. The molecule has 0 aliphatic carbocycles. The highest BCUT2D eigenvalue weighted by Crippen LogP contribution is 2.27. The van der Waals surface area contributed by atoms with Gasteiger partial charge in [-0.2, -0.15) is 4.98 Å². The number of rotatable bonds is 11. The number of carbonyl (C=O) groups excluding carboxylic acids is 1. The summed E-state index contributed by atoms with van der Waals surface area (Å²) in [6.07, 6.45) is 4.54. The third-order valence-corrected chi connectivity index (χ3v) is 6.02. The molecule has 1 heterocycles. The summed E-state index contributed by atoms with van der Waals surface area (Å²) in [5.41, 5.74) is 4.07. The van der Waals surface area contributed by atoms with Crippen molar-refractivity contribution in [1.29, 1.82) is 0 Å². The Kier molecular flexibility index (Phi) is 8.70. The van der Waals surface area contributed by atoms with Crippen LogP contribution in [0, 0.1) is 6.92 Å². The van der Waals surface area contributed by atoms with Crippen LogP contribution in [-0.2, 0) is 17.6 Å². The number of ether oxygens (including phenoxy) is 2. The van der Waals surface area contributed by atoms with Crippen LogP contribution in [0.3, 0.4) is 0 Å². The molecule has 0 aliphatic heterocycles. The van der Waals surface area contributed by atoms with Gasteiger partial charge in [-0.15, -0.1) is 0 Å². The van der Waals surface area contributed by atoms with Crippen LogP contribution >= 0.6 is 0 Å².